The Balaban J connectivity index is 1.62. The van der Waals surface area contributed by atoms with Crippen molar-refractivity contribution in [3.63, 3.8) is 0 Å². The molecule has 5 rings (SSSR count). The summed E-state index contributed by atoms with van der Waals surface area (Å²) in [7, 11) is -4.25. The van der Waals surface area contributed by atoms with Crippen molar-refractivity contribution in [2.75, 3.05) is 0 Å². The summed E-state index contributed by atoms with van der Waals surface area (Å²) >= 11 is 0. The molecule has 0 atom stereocenters. The smallest absolute Gasteiger partial charge is 0.0625 e. The van der Waals surface area contributed by atoms with Gasteiger partial charge in [0.25, 0.3) is 0 Å². The standard InChI is InChI=1S/C38H48Si2/c1-37(2,3)39(31-19-11-7-12-20-31,32-21-13-8-14-22-32)35-27-29-36(30-28-35)40(38(4,5)6,33-23-15-9-16-24-33)34-25-17-10-18-26-34/h7-26,35-36H,27-30H2,1-6H3. The second-order valence-corrected chi connectivity index (χ2v) is 24.3. The summed E-state index contributed by atoms with van der Waals surface area (Å²) in [4.78, 5) is 0. The molecule has 0 heterocycles. The predicted octanol–water partition coefficient (Wildman–Crippen LogP) is 8.43. The van der Waals surface area contributed by atoms with Crippen LogP contribution in [-0.4, -0.2) is 16.1 Å². The van der Waals surface area contributed by atoms with Crippen molar-refractivity contribution in [1.29, 1.82) is 0 Å². The molecule has 208 valence electrons. The Morgan fingerprint density at radius 3 is 0.750 bits per heavy atom. The SMILES string of the molecule is CC(C)(C)[Si](c1ccccc1)(c1ccccc1)C1CCC([Si](c2ccccc2)(c2ccccc2)C(C)(C)C)CC1. The van der Waals surface area contributed by atoms with Gasteiger partial charge in [-0.2, -0.15) is 0 Å². The fraction of sp³-hybridized carbons (Fsp3) is 0.368. The molecule has 0 spiro atoms. The minimum atomic E-state index is -2.13. The fourth-order valence-corrected chi connectivity index (χ4v) is 22.7. The summed E-state index contributed by atoms with van der Waals surface area (Å²) in [6.45, 7) is 15.2. The van der Waals surface area contributed by atoms with Gasteiger partial charge in [0.15, 0.2) is 0 Å². The number of hydrogen-bond donors (Lipinski definition) is 0. The molecule has 0 saturated heterocycles. The van der Waals surface area contributed by atoms with Crippen LogP contribution in [0.4, 0.5) is 0 Å². The largest absolute Gasteiger partial charge is 0.126 e. The molecule has 0 N–H and O–H groups in total. The van der Waals surface area contributed by atoms with Crippen LogP contribution in [0.15, 0.2) is 121 Å². The molecule has 1 aliphatic carbocycles. The van der Waals surface area contributed by atoms with Crippen LogP contribution < -0.4 is 20.7 Å². The maximum Gasteiger partial charge on any atom is 0.126 e. The van der Waals surface area contributed by atoms with Crippen LogP contribution in [0.5, 0.6) is 0 Å². The fourth-order valence-electron chi connectivity index (χ4n) is 9.00. The molecule has 1 aliphatic rings. The van der Waals surface area contributed by atoms with Gasteiger partial charge in [-0.05, 0) is 21.2 Å². The zero-order chi connectivity index (χ0) is 28.4. The van der Waals surface area contributed by atoms with E-state index in [1.807, 2.05) is 0 Å². The predicted molar refractivity (Wildman–Crippen MR) is 181 cm³/mol. The van der Waals surface area contributed by atoms with Gasteiger partial charge in [0, 0.05) is 0 Å². The lowest BCUT2D eigenvalue weighted by Crippen LogP contribution is -2.69. The van der Waals surface area contributed by atoms with E-state index in [4.69, 9.17) is 0 Å². The summed E-state index contributed by atoms with van der Waals surface area (Å²) in [6, 6.07) is 46.6. The van der Waals surface area contributed by atoms with Crippen LogP contribution in [0.25, 0.3) is 0 Å². The molecule has 0 unspecified atom stereocenters. The van der Waals surface area contributed by atoms with Gasteiger partial charge >= 0.3 is 0 Å². The van der Waals surface area contributed by atoms with Crippen molar-refractivity contribution in [1.82, 2.24) is 0 Å². The summed E-state index contributed by atoms with van der Waals surface area (Å²) in [5.41, 5.74) is 1.46. The third-order valence-electron chi connectivity index (χ3n) is 10.2. The molecule has 0 nitrogen and oxygen atoms in total. The Morgan fingerprint density at radius 1 is 0.375 bits per heavy atom. The van der Waals surface area contributed by atoms with E-state index >= 15 is 0 Å². The molecule has 2 heteroatoms. The minimum Gasteiger partial charge on any atom is -0.0625 e. The van der Waals surface area contributed by atoms with Gasteiger partial charge < -0.3 is 0 Å². The lowest BCUT2D eigenvalue weighted by molar-refractivity contribution is 0.466. The van der Waals surface area contributed by atoms with Crippen molar-refractivity contribution in [2.24, 2.45) is 0 Å². The molecule has 1 fully saturated rings. The Hall–Kier alpha value is -2.69. The second-order valence-electron chi connectivity index (χ2n) is 14.1. The monoisotopic (exact) mass is 560 g/mol. The van der Waals surface area contributed by atoms with Gasteiger partial charge in [-0.1, -0.05) is 209 Å². The molecule has 0 radical (unpaired) electrons. The third kappa shape index (κ3) is 4.78. The number of hydrogen-bond acceptors (Lipinski definition) is 0. The topological polar surface area (TPSA) is 0 Å². The summed E-state index contributed by atoms with van der Waals surface area (Å²) in [5.74, 6) is 0. The molecule has 4 aromatic carbocycles. The average molecular weight is 561 g/mol. The first-order chi connectivity index (χ1) is 19.1. The van der Waals surface area contributed by atoms with E-state index in [0.717, 1.165) is 11.1 Å². The molecule has 0 amide bonds. The van der Waals surface area contributed by atoms with E-state index in [0.29, 0.717) is 0 Å². The van der Waals surface area contributed by atoms with Gasteiger partial charge in [0.2, 0.25) is 0 Å². The normalized spacial score (nSPS) is 18.9. The Bertz CT molecular complexity index is 1150. The lowest BCUT2D eigenvalue weighted by atomic mass is 9.99. The highest BCUT2D eigenvalue weighted by Crippen LogP contribution is 2.55. The molecular formula is C38H48Si2. The highest BCUT2D eigenvalue weighted by molar-refractivity contribution is 7.06. The highest BCUT2D eigenvalue weighted by Gasteiger charge is 2.57. The van der Waals surface area contributed by atoms with Crippen LogP contribution in [-0.2, 0) is 0 Å². The van der Waals surface area contributed by atoms with Crippen molar-refractivity contribution in [3.05, 3.63) is 121 Å². The van der Waals surface area contributed by atoms with Gasteiger partial charge in [-0.15, -0.1) is 0 Å². The molecule has 1 saturated carbocycles. The van der Waals surface area contributed by atoms with Crippen LogP contribution >= 0.6 is 0 Å². The van der Waals surface area contributed by atoms with E-state index < -0.39 is 16.1 Å². The Labute approximate surface area is 245 Å². The van der Waals surface area contributed by atoms with E-state index in [1.54, 1.807) is 20.7 Å². The molecule has 0 aromatic heterocycles. The zero-order valence-electron chi connectivity index (χ0n) is 25.5. The molecule has 4 aromatic rings. The first-order valence-corrected chi connectivity index (χ1v) is 19.5. The van der Waals surface area contributed by atoms with Crippen LogP contribution in [0.2, 0.25) is 21.2 Å². The summed E-state index contributed by atoms with van der Waals surface area (Å²) in [5, 5.41) is 6.88. The van der Waals surface area contributed by atoms with Crippen molar-refractivity contribution >= 4 is 36.9 Å². The highest BCUT2D eigenvalue weighted by atomic mass is 28.3. The van der Waals surface area contributed by atoms with Crippen molar-refractivity contribution < 1.29 is 0 Å². The third-order valence-corrected chi connectivity index (χ3v) is 23.5. The Kier molecular flexibility index (Phi) is 8.14. The minimum absolute atomic E-state index is 0.213. The van der Waals surface area contributed by atoms with Gasteiger partial charge in [0.05, 0.1) is 0 Å². The average Bonchev–Trinajstić information content (AvgIpc) is 2.95. The van der Waals surface area contributed by atoms with Gasteiger partial charge in [-0.3, -0.25) is 0 Å². The maximum absolute atomic E-state index is 2.54. The first kappa shape index (κ1) is 28.8. The Morgan fingerprint density at radius 2 is 0.575 bits per heavy atom. The number of rotatable bonds is 6. The number of benzene rings is 4. The van der Waals surface area contributed by atoms with E-state index in [2.05, 4.69) is 163 Å². The van der Waals surface area contributed by atoms with Crippen LogP contribution in [0, 0.1) is 0 Å². The van der Waals surface area contributed by atoms with Crippen molar-refractivity contribution in [3.8, 4) is 0 Å². The van der Waals surface area contributed by atoms with E-state index in [1.165, 1.54) is 25.7 Å². The molecule has 0 bridgehead atoms. The zero-order valence-corrected chi connectivity index (χ0v) is 27.5. The maximum atomic E-state index is 2.54. The summed E-state index contributed by atoms with van der Waals surface area (Å²) < 4.78 is 0. The quantitative estimate of drug-likeness (QED) is 0.208. The van der Waals surface area contributed by atoms with Gasteiger partial charge in [0.1, 0.15) is 16.1 Å². The van der Waals surface area contributed by atoms with E-state index in [-0.39, 0.29) is 10.1 Å². The molecule has 40 heavy (non-hydrogen) atoms. The van der Waals surface area contributed by atoms with Crippen molar-refractivity contribution in [2.45, 2.75) is 88.4 Å². The first-order valence-electron chi connectivity index (χ1n) is 15.4. The molecule has 0 aliphatic heterocycles. The lowest BCUT2D eigenvalue weighted by Gasteiger charge is -2.55. The summed E-state index contributed by atoms with van der Waals surface area (Å²) in [6.07, 6.45) is 5.29. The second kappa shape index (κ2) is 11.3. The molecular weight excluding hydrogens is 513 g/mol. The van der Waals surface area contributed by atoms with Crippen LogP contribution in [0.3, 0.4) is 0 Å². The van der Waals surface area contributed by atoms with Crippen LogP contribution in [0.1, 0.15) is 67.2 Å². The van der Waals surface area contributed by atoms with Gasteiger partial charge in [-0.25, -0.2) is 0 Å². The van der Waals surface area contributed by atoms with E-state index in [9.17, 15) is 0 Å².